The van der Waals surface area contributed by atoms with Crippen molar-refractivity contribution in [2.24, 2.45) is 0 Å². The number of aliphatic hydroxyl groups excluding tert-OH is 1. The molecular formula is C9H16N2O2. The van der Waals surface area contributed by atoms with Crippen molar-refractivity contribution in [1.29, 1.82) is 0 Å². The van der Waals surface area contributed by atoms with Gasteiger partial charge in [-0.15, -0.1) is 6.42 Å². The standard InChI is InChI=1S/C9H16N2O2/c1-3-4-9(13)11-6-5-10-7-8(2)12/h1,8,10,12H,4-7H2,2H3,(H,11,13). The number of nitrogens with one attached hydrogen (secondary N) is 2. The molecule has 0 rings (SSSR count). The smallest absolute Gasteiger partial charge is 0.232 e. The first kappa shape index (κ1) is 11.9. The molecule has 13 heavy (non-hydrogen) atoms. The summed E-state index contributed by atoms with van der Waals surface area (Å²) in [6.07, 6.45) is 4.70. The van der Waals surface area contributed by atoms with Gasteiger partial charge in [0.15, 0.2) is 0 Å². The van der Waals surface area contributed by atoms with E-state index in [4.69, 9.17) is 11.5 Å². The summed E-state index contributed by atoms with van der Waals surface area (Å²) < 4.78 is 0. The van der Waals surface area contributed by atoms with Crippen LogP contribution in [0.15, 0.2) is 0 Å². The van der Waals surface area contributed by atoms with Crippen LogP contribution < -0.4 is 10.6 Å². The number of hydrogen-bond acceptors (Lipinski definition) is 3. The third kappa shape index (κ3) is 8.86. The zero-order valence-corrected chi connectivity index (χ0v) is 7.84. The quantitative estimate of drug-likeness (QED) is 0.370. The van der Waals surface area contributed by atoms with Gasteiger partial charge < -0.3 is 15.7 Å². The fourth-order valence-corrected chi connectivity index (χ4v) is 0.756. The summed E-state index contributed by atoms with van der Waals surface area (Å²) in [7, 11) is 0. The minimum atomic E-state index is -0.360. The molecular weight excluding hydrogens is 168 g/mol. The van der Waals surface area contributed by atoms with Crippen molar-refractivity contribution in [2.75, 3.05) is 19.6 Å². The molecule has 0 radical (unpaired) electrons. The van der Waals surface area contributed by atoms with Crippen LogP contribution in [-0.4, -0.2) is 36.8 Å². The minimum absolute atomic E-state index is 0.121. The van der Waals surface area contributed by atoms with Crippen LogP contribution in [-0.2, 0) is 4.79 Å². The van der Waals surface area contributed by atoms with Gasteiger partial charge in [0.1, 0.15) is 0 Å². The molecule has 0 aliphatic heterocycles. The summed E-state index contributed by atoms with van der Waals surface area (Å²) >= 11 is 0. The van der Waals surface area contributed by atoms with E-state index in [9.17, 15) is 4.79 Å². The van der Waals surface area contributed by atoms with Crippen molar-refractivity contribution in [3.05, 3.63) is 0 Å². The van der Waals surface area contributed by atoms with Crippen molar-refractivity contribution in [3.8, 4) is 12.3 Å². The summed E-state index contributed by atoms with van der Waals surface area (Å²) in [6, 6.07) is 0. The van der Waals surface area contributed by atoms with E-state index >= 15 is 0 Å². The molecule has 74 valence electrons. The Morgan fingerprint density at radius 1 is 1.62 bits per heavy atom. The van der Waals surface area contributed by atoms with Gasteiger partial charge in [0.05, 0.1) is 12.5 Å². The van der Waals surface area contributed by atoms with Crippen LogP contribution in [0.4, 0.5) is 0 Å². The van der Waals surface area contributed by atoms with Crippen LogP contribution in [0, 0.1) is 12.3 Å². The minimum Gasteiger partial charge on any atom is -0.392 e. The maximum absolute atomic E-state index is 10.8. The van der Waals surface area contributed by atoms with E-state index in [-0.39, 0.29) is 18.4 Å². The first-order valence-electron chi connectivity index (χ1n) is 4.25. The van der Waals surface area contributed by atoms with Crippen LogP contribution in [0.5, 0.6) is 0 Å². The Morgan fingerprint density at radius 3 is 2.85 bits per heavy atom. The van der Waals surface area contributed by atoms with Gasteiger partial charge in [0.2, 0.25) is 5.91 Å². The van der Waals surface area contributed by atoms with Crippen LogP contribution in [0.3, 0.4) is 0 Å². The normalized spacial score (nSPS) is 11.8. The Balaban J connectivity index is 3.17. The maximum atomic E-state index is 10.8. The number of carbonyl (C=O) groups excluding carboxylic acids is 1. The SMILES string of the molecule is C#CCC(=O)NCCNCC(C)O. The molecule has 4 nitrogen and oxygen atoms in total. The van der Waals surface area contributed by atoms with Crippen molar-refractivity contribution in [2.45, 2.75) is 19.4 Å². The first-order chi connectivity index (χ1) is 6.16. The van der Waals surface area contributed by atoms with E-state index in [1.54, 1.807) is 6.92 Å². The molecule has 0 aliphatic rings. The molecule has 0 bridgehead atoms. The highest BCUT2D eigenvalue weighted by atomic mass is 16.3. The Morgan fingerprint density at radius 2 is 2.31 bits per heavy atom. The van der Waals surface area contributed by atoms with Gasteiger partial charge in [-0.05, 0) is 6.92 Å². The van der Waals surface area contributed by atoms with Crippen molar-refractivity contribution < 1.29 is 9.90 Å². The molecule has 1 amide bonds. The molecule has 0 spiro atoms. The highest BCUT2D eigenvalue weighted by molar-refractivity contribution is 5.78. The maximum Gasteiger partial charge on any atom is 0.232 e. The average Bonchev–Trinajstić information content (AvgIpc) is 2.03. The molecule has 0 aliphatic carbocycles. The Bertz CT molecular complexity index is 185. The zero-order chi connectivity index (χ0) is 10.1. The predicted octanol–water partition coefficient (Wildman–Crippen LogP) is -0.904. The predicted molar refractivity (Wildman–Crippen MR) is 51.0 cm³/mol. The lowest BCUT2D eigenvalue weighted by atomic mass is 10.4. The van der Waals surface area contributed by atoms with E-state index in [1.165, 1.54) is 0 Å². The van der Waals surface area contributed by atoms with E-state index in [0.29, 0.717) is 19.6 Å². The van der Waals surface area contributed by atoms with Gasteiger partial charge in [-0.25, -0.2) is 0 Å². The molecule has 1 unspecified atom stereocenters. The molecule has 0 aromatic carbocycles. The number of carbonyl (C=O) groups is 1. The highest BCUT2D eigenvalue weighted by Crippen LogP contribution is 1.75. The molecule has 3 N–H and O–H groups in total. The van der Waals surface area contributed by atoms with Crippen LogP contribution in [0.25, 0.3) is 0 Å². The largest absolute Gasteiger partial charge is 0.392 e. The van der Waals surface area contributed by atoms with Gasteiger partial charge in [0.25, 0.3) is 0 Å². The van der Waals surface area contributed by atoms with Gasteiger partial charge in [-0.3, -0.25) is 4.79 Å². The van der Waals surface area contributed by atoms with E-state index in [2.05, 4.69) is 16.6 Å². The second-order valence-electron chi connectivity index (χ2n) is 2.78. The summed E-state index contributed by atoms with van der Waals surface area (Å²) in [5.41, 5.74) is 0. The second-order valence-corrected chi connectivity index (χ2v) is 2.78. The monoisotopic (exact) mass is 184 g/mol. The van der Waals surface area contributed by atoms with Crippen LogP contribution in [0.2, 0.25) is 0 Å². The fraction of sp³-hybridized carbons (Fsp3) is 0.667. The molecule has 0 aromatic heterocycles. The summed E-state index contributed by atoms with van der Waals surface area (Å²) in [4.78, 5) is 10.8. The lowest BCUT2D eigenvalue weighted by Crippen LogP contribution is -2.34. The summed E-state index contributed by atoms with van der Waals surface area (Å²) in [5.74, 6) is 2.12. The number of terminal acetylenes is 1. The Hall–Kier alpha value is -1.05. The summed E-state index contributed by atoms with van der Waals surface area (Å²) in [6.45, 7) is 3.41. The Labute approximate surface area is 78.7 Å². The van der Waals surface area contributed by atoms with Gasteiger partial charge in [-0.1, -0.05) is 5.92 Å². The number of hydrogen-bond donors (Lipinski definition) is 3. The lowest BCUT2D eigenvalue weighted by molar-refractivity contribution is -0.120. The van der Waals surface area contributed by atoms with E-state index in [0.717, 1.165) is 0 Å². The molecule has 0 aromatic rings. The molecule has 0 saturated heterocycles. The molecule has 0 saturated carbocycles. The molecule has 4 heteroatoms. The third-order valence-corrected chi connectivity index (χ3v) is 1.33. The van der Waals surface area contributed by atoms with Crippen molar-refractivity contribution in [3.63, 3.8) is 0 Å². The zero-order valence-electron chi connectivity index (χ0n) is 7.84. The van der Waals surface area contributed by atoms with E-state index < -0.39 is 0 Å². The molecule has 0 heterocycles. The second kappa shape index (κ2) is 7.59. The van der Waals surface area contributed by atoms with Crippen LogP contribution >= 0.6 is 0 Å². The first-order valence-corrected chi connectivity index (χ1v) is 4.25. The molecule has 1 atom stereocenters. The van der Waals surface area contributed by atoms with E-state index in [1.807, 2.05) is 0 Å². The highest BCUT2D eigenvalue weighted by Gasteiger charge is 1.97. The lowest BCUT2D eigenvalue weighted by Gasteiger charge is -2.06. The van der Waals surface area contributed by atoms with Crippen molar-refractivity contribution >= 4 is 5.91 Å². The fourth-order valence-electron chi connectivity index (χ4n) is 0.756. The Kier molecular flexibility index (Phi) is 6.98. The molecule has 0 fully saturated rings. The number of aliphatic hydroxyl groups is 1. The number of amides is 1. The summed E-state index contributed by atoms with van der Waals surface area (Å²) in [5, 5.41) is 14.5. The topological polar surface area (TPSA) is 61.4 Å². The van der Waals surface area contributed by atoms with Gasteiger partial charge in [-0.2, -0.15) is 0 Å². The van der Waals surface area contributed by atoms with Crippen molar-refractivity contribution in [1.82, 2.24) is 10.6 Å². The third-order valence-electron chi connectivity index (χ3n) is 1.33. The van der Waals surface area contributed by atoms with Gasteiger partial charge in [0, 0.05) is 19.6 Å². The van der Waals surface area contributed by atoms with Crippen LogP contribution in [0.1, 0.15) is 13.3 Å². The number of rotatable bonds is 6. The average molecular weight is 184 g/mol. The van der Waals surface area contributed by atoms with Gasteiger partial charge >= 0.3 is 0 Å².